The lowest BCUT2D eigenvalue weighted by molar-refractivity contribution is -0.113. The summed E-state index contributed by atoms with van der Waals surface area (Å²) in [6, 6.07) is 12.5. The number of hydrogen-bond donors (Lipinski definition) is 6. The summed E-state index contributed by atoms with van der Waals surface area (Å²) in [6.45, 7) is 1.97. The topological polar surface area (TPSA) is 164 Å². The highest BCUT2D eigenvalue weighted by molar-refractivity contribution is 8.18. The molecule has 0 bridgehead atoms. The van der Waals surface area contributed by atoms with Crippen molar-refractivity contribution < 1.29 is 28.6 Å². The Bertz CT molecular complexity index is 1310. The van der Waals surface area contributed by atoms with Crippen molar-refractivity contribution in [2.24, 2.45) is 4.99 Å². The molecule has 13 heteroatoms. The molecule has 1 unspecified atom stereocenters. The van der Waals surface area contributed by atoms with E-state index in [9.17, 15) is 23.4 Å². The number of aliphatic imine (C=N–C) groups is 1. The monoisotopic (exact) mass is 547 g/mol. The number of carbonyl (C=O) groups is 1. The summed E-state index contributed by atoms with van der Waals surface area (Å²) in [5.41, 5.74) is 4.37. The van der Waals surface area contributed by atoms with Gasteiger partial charge in [0.25, 0.3) is 5.91 Å². The lowest BCUT2D eigenvalue weighted by Gasteiger charge is -2.34. The summed E-state index contributed by atoms with van der Waals surface area (Å²) >= 11 is 1.08. The van der Waals surface area contributed by atoms with Crippen LogP contribution in [0.4, 0.5) is 11.4 Å². The van der Waals surface area contributed by atoms with Gasteiger partial charge in [-0.15, -0.1) is 0 Å². The zero-order valence-corrected chi connectivity index (χ0v) is 21.7. The van der Waals surface area contributed by atoms with Gasteiger partial charge in [-0.3, -0.25) is 14.7 Å². The SMILES string of the molecule is CS(=O)(=O)Nc1cc(C(O)CNC2CCN(c3ccc(/C=C4/SC(NO)=NC4=O)cc3)CC2)ccc1O. The van der Waals surface area contributed by atoms with Crippen molar-refractivity contribution in [1.82, 2.24) is 10.8 Å². The van der Waals surface area contributed by atoms with E-state index in [1.54, 1.807) is 12.1 Å². The molecule has 1 fully saturated rings. The van der Waals surface area contributed by atoms with Crippen LogP contribution in [-0.2, 0) is 14.8 Å². The molecule has 0 radical (unpaired) electrons. The Kier molecular flexibility index (Phi) is 8.39. The Balaban J connectivity index is 1.26. The molecule has 2 aliphatic rings. The number of hydrogen-bond acceptors (Lipinski definition) is 10. The summed E-state index contributed by atoms with van der Waals surface area (Å²) < 4.78 is 25.2. The highest BCUT2D eigenvalue weighted by Crippen LogP contribution is 2.29. The first kappa shape index (κ1) is 26.9. The number of aliphatic hydroxyl groups excluding tert-OH is 1. The maximum atomic E-state index is 11.9. The number of nitrogens with one attached hydrogen (secondary N) is 3. The van der Waals surface area contributed by atoms with Gasteiger partial charge in [-0.05, 0) is 66.1 Å². The van der Waals surface area contributed by atoms with E-state index >= 15 is 0 Å². The molecule has 1 amide bonds. The van der Waals surface area contributed by atoms with Crippen LogP contribution in [0.2, 0.25) is 0 Å². The quantitative estimate of drug-likeness (QED) is 0.164. The third-order valence-corrected chi connectivity index (χ3v) is 7.55. The molecule has 0 spiro atoms. The summed E-state index contributed by atoms with van der Waals surface area (Å²) in [5, 5.41) is 32.9. The number of aliphatic hydroxyl groups is 1. The van der Waals surface area contributed by atoms with E-state index in [4.69, 9.17) is 5.21 Å². The van der Waals surface area contributed by atoms with Crippen LogP contribution in [-0.4, -0.2) is 66.8 Å². The standard InChI is InChI=1S/C24H29N5O6S2/c1-37(34,35)28-19-13-16(4-7-20(19)30)21(31)14-25-17-8-10-29(11-9-17)18-5-2-15(3-6-18)12-22-23(32)26-24(27-33)36-22/h2-7,12-13,17,21,25,28,30-31,33H,8-11,14H2,1H3,(H,26,27,32)/b22-12+. The van der Waals surface area contributed by atoms with E-state index in [2.05, 4.69) is 19.9 Å². The van der Waals surface area contributed by atoms with Crippen molar-refractivity contribution in [3.05, 3.63) is 58.5 Å². The molecule has 2 aromatic carbocycles. The molecule has 1 saturated heterocycles. The number of piperidine rings is 1. The number of thioether (sulfide) groups is 1. The van der Waals surface area contributed by atoms with Gasteiger partial charge < -0.3 is 20.4 Å². The van der Waals surface area contributed by atoms with Crippen LogP contribution in [0.5, 0.6) is 5.75 Å². The molecule has 1 atom stereocenters. The van der Waals surface area contributed by atoms with E-state index in [0.29, 0.717) is 17.0 Å². The van der Waals surface area contributed by atoms with E-state index in [1.807, 2.05) is 29.7 Å². The zero-order valence-electron chi connectivity index (χ0n) is 20.1. The van der Waals surface area contributed by atoms with Crippen LogP contribution in [0.3, 0.4) is 0 Å². The van der Waals surface area contributed by atoms with Gasteiger partial charge in [0.1, 0.15) is 5.75 Å². The third kappa shape index (κ3) is 7.23. The number of aromatic hydroxyl groups is 1. The predicted molar refractivity (Wildman–Crippen MR) is 144 cm³/mol. The maximum Gasteiger partial charge on any atom is 0.286 e. The number of rotatable bonds is 8. The summed E-state index contributed by atoms with van der Waals surface area (Å²) in [6.07, 6.45) is 3.64. The zero-order chi connectivity index (χ0) is 26.6. The Morgan fingerprint density at radius 1 is 1.19 bits per heavy atom. The number of benzene rings is 2. The molecule has 6 N–H and O–H groups in total. The molecule has 0 aromatic heterocycles. The summed E-state index contributed by atoms with van der Waals surface area (Å²) in [4.78, 5) is 18.3. The predicted octanol–water partition coefficient (Wildman–Crippen LogP) is 2.00. The van der Waals surface area contributed by atoms with Gasteiger partial charge in [0.05, 0.1) is 23.0 Å². The molecular weight excluding hydrogens is 518 g/mol. The highest BCUT2D eigenvalue weighted by Gasteiger charge is 2.22. The minimum Gasteiger partial charge on any atom is -0.506 e. The van der Waals surface area contributed by atoms with Crippen LogP contribution >= 0.6 is 11.8 Å². The molecule has 37 heavy (non-hydrogen) atoms. The van der Waals surface area contributed by atoms with Crippen molar-refractivity contribution in [3.63, 3.8) is 0 Å². The minimum absolute atomic E-state index is 0.0309. The van der Waals surface area contributed by atoms with E-state index in [1.165, 1.54) is 12.1 Å². The molecule has 0 saturated carbocycles. The first-order valence-electron chi connectivity index (χ1n) is 11.6. The smallest absolute Gasteiger partial charge is 0.286 e. The van der Waals surface area contributed by atoms with Crippen LogP contribution in [0.1, 0.15) is 30.1 Å². The second kappa shape index (κ2) is 11.5. The maximum absolute atomic E-state index is 11.9. The summed E-state index contributed by atoms with van der Waals surface area (Å²) in [5.74, 6) is -0.596. The largest absolute Gasteiger partial charge is 0.506 e. The lowest BCUT2D eigenvalue weighted by atomic mass is 10.0. The molecule has 2 aromatic rings. The number of anilines is 2. The van der Waals surface area contributed by atoms with Gasteiger partial charge >= 0.3 is 0 Å². The van der Waals surface area contributed by atoms with Gasteiger partial charge in [-0.25, -0.2) is 13.9 Å². The number of hydroxylamine groups is 1. The Labute approximate surface area is 219 Å². The van der Waals surface area contributed by atoms with Crippen LogP contribution in [0, 0.1) is 0 Å². The first-order chi connectivity index (χ1) is 17.6. The van der Waals surface area contributed by atoms with Crippen molar-refractivity contribution >= 4 is 50.3 Å². The number of sulfonamides is 1. The lowest BCUT2D eigenvalue weighted by Crippen LogP contribution is -2.43. The van der Waals surface area contributed by atoms with Crippen molar-refractivity contribution in [2.45, 2.75) is 25.0 Å². The van der Waals surface area contributed by atoms with E-state index in [0.717, 1.165) is 55.2 Å². The van der Waals surface area contributed by atoms with Crippen molar-refractivity contribution in [2.75, 3.05) is 35.5 Å². The van der Waals surface area contributed by atoms with Gasteiger partial charge in [-0.1, -0.05) is 18.2 Å². The van der Waals surface area contributed by atoms with Crippen molar-refractivity contribution in [3.8, 4) is 5.75 Å². The summed E-state index contributed by atoms with van der Waals surface area (Å²) in [7, 11) is -3.56. The van der Waals surface area contributed by atoms with E-state index < -0.39 is 16.1 Å². The highest BCUT2D eigenvalue weighted by atomic mass is 32.2. The minimum atomic E-state index is -3.56. The molecule has 0 aliphatic carbocycles. The van der Waals surface area contributed by atoms with E-state index in [-0.39, 0.29) is 28.6 Å². The number of carbonyl (C=O) groups excluding carboxylic acids is 1. The van der Waals surface area contributed by atoms with Crippen molar-refractivity contribution in [1.29, 1.82) is 0 Å². The normalized spacial score (nSPS) is 18.7. The molecular formula is C24H29N5O6S2. The first-order valence-corrected chi connectivity index (χ1v) is 14.3. The van der Waals surface area contributed by atoms with Crippen LogP contribution in [0.15, 0.2) is 52.4 Å². The number of amides is 1. The second-order valence-corrected chi connectivity index (χ2v) is 11.7. The van der Waals surface area contributed by atoms with Gasteiger partial charge in [0, 0.05) is 31.4 Å². The fourth-order valence-electron chi connectivity index (χ4n) is 4.17. The number of nitrogens with zero attached hydrogens (tertiary/aromatic N) is 2. The Morgan fingerprint density at radius 2 is 1.89 bits per heavy atom. The number of phenolic OH excluding ortho intramolecular Hbond substituents is 1. The average Bonchev–Trinajstić information content (AvgIpc) is 3.23. The fourth-order valence-corrected chi connectivity index (χ4v) is 5.44. The second-order valence-electron chi connectivity index (χ2n) is 8.87. The molecule has 198 valence electrons. The average molecular weight is 548 g/mol. The van der Waals surface area contributed by atoms with Crippen LogP contribution in [0.25, 0.3) is 6.08 Å². The van der Waals surface area contributed by atoms with Gasteiger partial charge in [-0.2, -0.15) is 4.99 Å². The Morgan fingerprint density at radius 3 is 2.51 bits per heavy atom. The third-order valence-electron chi connectivity index (χ3n) is 6.07. The van der Waals surface area contributed by atoms with Crippen LogP contribution < -0.4 is 20.4 Å². The number of phenols is 1. The molecule has 2 aliphatic heterocycles. The fraction of sp³-hybridized carbons (Fsp3) is 0.333. The molecule has 11 nitrogen and oxygen atoms in total. The molecule has 4 rings (SSSR count). The van der Waals surface area contributed by atoms with Gasteiger partial charge in [0.2, 0.25) is 10.0 Å². The van der Waals surface area contributed by atoms with Gasteiger partial charge in [0.15, 0.2) is 5.17 Å². The number of amidine groups is 1. The Hall–Kier alpha value is -3.10. The molecule has 2 heterocycles.